The van der Waals surface area contributed by atoms with Crippen molar-refractivity contribution in [3.63, 3.8) is 0 Å². The normalized spacial score (nSPS) is 11.5. The molecule has 0 saturated heterocycles. The van der Waals surface area contributed by atoms with Crippen molar-refractivity contribution in [1.29, 1.82) is 0 Å². The van der Waals surface area contributed by atoms with Crippen LogP contribution in [-0.2, 0) is 61.9 Å². The first-order valence-electron chi connectivity index (χ1n) is 20.6. The quantitative estimate of drug-likeness (QED) is 0.0164. The van der Waals surface area contributed by atoms with Gasteiger partial charge in [0.05, 0.1) is 24.0 Å². The highest BCUT2D eigenvalue weighted by atomic mass is 32.1. The number of hydrogen-bond donors (Lipinski definition) is 6. The molecule has 0 rings (SSSR count). The number of hydrogen-bond acceptors (Lipinski definition) is 19. The van der Waals surface area contributed by atoms with E-state index in [1.807, 2.05) is 0 Å². The van der Waals surface area contributed by atoms with Crippen molar-refractivity contribution >= 4 is 112 Å². The zero-order chi connectivity index (χ0) is 44.0. The molecule has 0 N–H and O–H groups in total. The molecule has 0 aliphatic heterocycles. The minimum atomic E-state index is -1.39. The van der Waals surface area contributed by atoms with E-state index in [2.05, 4.69) is 75.8 Å². The number of rotatable bonds is 40. The van der Waals surface area contributed by atoms with E-state index in [-0.39, 0.29) is 91.4 Å². The van der Waals surface area contributed by atoms with Crippen molar-refractivity contribution in [2.75, 3.05) is 87.4 Å². The van der Waals surface area contributed by atoms with Gasteiger partial charge in [-0.15, -0.1) is 0 Å². The van der Waals surface area contributed by atoms with Gasteiger partial charge in [0.1, 0.15) is 39.6 Å². The average Bonchev–Trinajstić information content (AvgIpc) is 3.22. The molecule has 0 aliphatic rings. The Morgan fingerprint density at radius 3 is 0.593 bits per heavy atom. The summed E-state index contributed by atoms with van der Waals surface area (Å²) in [5, 5.41) is 0. The Labute approximate surface area is 385 Å². The maximum atomic E-state index is 12.9. The molecule has 0 aliphatic carbocycles. The summed E-state index contributed by atoms with van der Waals surface area (Å²) in [6, 6.07) is 0. The number of carbonyl (C=O) groups is 6. The zero-order valence-corrected chi connectivity index (χ0v) is 40.0. The Hall–Kier alpha value is -1.12. The van der Waals surface area contributed by atoms with Crippen molar-refractivity contribution in [3.05, 3.63) is 0 Å². The molecule has 0 aromatic heterocycles. The van der Waals surface area contributed by atoms with Crippen LogP contribution in [0.3, 0.4) is 0 Å². The summed E-state index contributed by atoms with van der Waals surface area (Å²) in [6.45, 7) is -2.63. The Kier molecular flexibility index (Phi) is 37.8. The predicted octanol–water partition coefficient (Wildman–Crippen LogP) is 6.84. The van der Waals surface area contributed by atoms with E-state index in [0.717, 1.165) is 0 Å². The lowest BCUT2D eigenvalue weighted by Gasteiger charge is -2.35. The third-order valence-electron chi connectivity index (χ3n) is 8.79. The number of esters is 6. The summed E-state index contributed by atoms with van der Waals surface area (Å²) < 4.78 is 40.6. The summed E-state index contributed by atoms with van der Waals surface area (Å²) >= 11 is 25.2. The summed E-state index contributed by atoms with van der Waals surface area (Å²) in [5.41, 5.74) is -2.78. The molecule has 0 amide bonds. The van der Waals surface area contributed by atoms with Crippen LogP contribution in [0.4, 0.5) is 0 Å². The van der Waals surface area contributed by atoms with Gasteiger partial charge in [0.15, 0.2) is 0 Å². The van der Waals surface area contributed by atoms with Gasteiger partial charge in [-0.25, -0.2) is 0 Å². The first-order valence-corrected chi connectivity index (χ1v) is 24.4. The Balaban J connectivity index is 6.76. The standard InChI is InChI=1S/C40H70O13S6/c41-33(13-1-7-19-54)48-27-39(28-49-34(42)14-2-8-20-55,29-50-35(43)15-3-9-21-56)25-47-26-40(30-51-36(44)16-4-10-22-57,31-52-37(45)17-5-11-23-58)32-53-38(46)18-6-12-24-59/h54-59H,1-32H2. The second-order valence-electron chi connectivity index (χ2n) is 14.5. The Morgan fingerprint density at radius 2 is 0.441 bits per heavy atom. The molecule has 0 saturated carbocycles. The smallest absolute Gasteiger partial charge is 0.305 e. The second-order valence-corrected chi connectivity index (χ2v) is 17.2. The molecular formula is C40H70O13S6. The number of ether oxygens (including phenoxy) is 7. The Bertz CT molecular complexity index is 949. The highest BCUT2D eigenvalue weighted by molar-refractivity contribution is 7.81. The number of carbonyl (C=O) groups excluding carboxylic acids is 6. The van der Waals surface area contributed by atoms with Gasteiger partial charge in [0, 0.05) is 38.5 Å². The van der Waals surface area contributed by atoms with Crippen LogP contribution in [0.2, 0.25) is 0 Å². The molecular weight excluding hydrogens is 881 g/mol. The van der Waals surface area contributed by atoms with E-state index < -0.39 is 46.6 Å². The SMILES string of the molecule is O=C(CCCCS)OCC(COCC(COC(=O)CCCCS)(COC(=O)CCCCS)COC(=O)CCCCS)(COC(=O)CCCCS)COC(=O)CCCCS. The van der Waals surface area contributed by atoms with Crippen LogP contribution >= 0.6 is 75.8 Å². The van der Waals surface area contributed by atoms with Crippen LogP contribution in [-0.4, -0.2) is 123 Å². The monoisotopic (exact) mass is 950 g/mol. The molecule has 0 radical (unpaired) electrons. The highest BCUT2D eigenvalue weighted by Crippen LogP contribution is 2.27. The molecule has 13 nitrogen and oxygen atoms in total. The van der Waals surface area contributed by atoms with Crippen LogP contribution < -0.4 is 0 Å². The summed E-state index contributed by atoms with van der Waals surface area (Å²) in [4.78, 5) is 77.3. The minimum Gasteiger partial charge on any atom is -0.465 e. The van der Waals surface area contributed by atoms with E-state index in [0.29, 0.717) is 112 Å². The van der Waals surface area contributed by atoms with Crippen molar-refractivity contribution in [2.24, 2.45) is 10.8 Å². The Morgan fingerprint density at radius 1 is 0.271 bits per heavy atom. The van der Waals surface area contributed by atoms with Crippen LogP contribution in [0.25, 0.3) is 0 Å². The summed E-state index contributed by atoms with van der Waals surface area (Å²) in [6.07, 6.45) is 8.14. The van der Waals surface area contributed by atoms with Gasteiger partial charge in [-0.2, -0.15) is 75.8 Å². The highest BCUT2D eigenvalue weighted by Gasteiger charge is 2.41. The van der Waals surface area contributed by atoms with E-state index in [1.165, 1.54) is 0 Å². The van der Waals surface area contributed by atoms with E-state index >= 15 is 0 Å². The summed E-state index contributed by atoms with van der Waals surface area (Å²) in [7, 11) is 0. The van der Waals surface area contributed by atoms with Gasteiger partial charge >= 0.3 is 35.8 Å². The number of thiol groups is 6. The molecule has 0 bridgehead atoms. The predicted molar refractivity (Wildman–Crippen MR) is 248 cm³/mol. The zero-order valence-electron chi connectivity index (χ0n) is 34.6. The van der Waals surface area contributed by atoms with E-state index in [4.69, 9.17) is 33.2 Å². The lowest BCUT2D eigenvalue weighted by Crippen LogP contribution is -2.47. The molecule has 0 spiro atoms. The molecule has 0 aromatic rings. The number of unbranched alkanes of at least 4 members (excludes halogenated alkanes) is 6. The lowest BCUT2D eigenvalue weighted by molar-refractivity contribution is -0.175. The fourth-order valence-corrected chi connectivity index (χ4v) is 6.45. The first kappa shape index (κ1) is 57.9. The molecule has 344 valence electrons. The van der Waals surface area contributed by atoms with Crippen molar-refractivity contribution in [3.8, 4) is 0 Å². The first-order chi connectivity index (χ1) is 28.4. The van der Waals surface area contributed by atoms with E-state index in [1.54, 1.807) is 0 Å². The van der Waals surface area contributed by atoms with E-state index in [9.17, 15) is 28.8 Å². The van der Waals surface area contributed by atoms with Crippen molar-refractivity contribution < 1.29 is 61.9 Å². The second kappa shape index (κ2) is 38.5. The fraction of sp³-hybridized carbons (Fsp3) is 0.850. The van der Waals surface area contributed by atoms with Crippen molar-refractivity contribution in [1.82, 2.24) is 0 Å². The maximum Gasteiger partial charge on any atom is 0.305 e. The van der Waals surface area contributed by atoms with Gasteiger partial charge in [0.25, 0.3) is 0 Å². The maximum absolute atomic E-state index is 12.9. The van der Waals surface area contributed by atoms with Crippen LogP contribution in [0.1, 0.15) is 116 Å². The fourth-order valence-electron chi connectivity index (χ4n) is 5.11. The molecule has 0 fully saturated rings. The van der Waals surface area contributed by atoms with Gasteiger partial charge in [0.2, 0.25) is 0 Å². The third kappa shape index (κ3) is 32.3. The lowest BCUT2D eigenvalue weighted by atomic mass is 9.90. The molecule has 59 heavy (non-hydrogen) atoms. The largest absolute Gasteiger partial charge is 0.465 e. The third-order valence-corrected chi connectivity index (χ3v) is 10.7. The topological polar surface area (TPSA) is 167 Å². The molecule has 0 heterocycles. The van der Waals surface area contributed by atoms with Gasteiger partial charge in [-0.3, -0.25) is 28.8 Å². The molecule has 19 heteroatoms. The molecule has 0 aromatic carbocycles. The molecule has 0 atom stereocenters. The van der Waals surface area contributed by atoms with Crippen LogP contribution in [0, 0.1) is 10.8 Å². The van der Waals surface area contributed by atoms with Gasteiger partial charge < -0.3 is 33.2 Å². The average molecular weight is 951 g/mol. The van der Waals surface area contributed by atoms with Crippen LogP contribution in [0.5, 0.6) is 0 Å². The molecule has 0 unspecified atom stereocenters. The van der Waals surface area contributed by atoms with Crippen molar-refractivity contribution in [2.45, 2.75) is 116 Å². The van der Waals surface area contributed by atoms with Gasteiger partial charge in [-0.1, -0.05) is 0 Å². The summed E-state index contributed by atoms with van der Waals surface area (Å²) in [5.74, 6) is 0.529. The van der Waals surface area contributed by atoms with Gasteiger partial charge in [-0.05, 0) is 112 Å². The van der Waals surface area contributed by atoms with Crippen LogP contribution in [0.15, 0.2) is 0 Å². The minimum absolute atomic E-state index is 0.117.